The first kappa shape index (κ1) is 44.0. The lowest BCUT2D eigenvalue weighted by Crippen LogP contribution is -2.64. The predicted molar refractivity (Wildman–Crippen MR) is 200 cm³/mol. The Morgan fingerprint density at radius 3 is 1.67 bits per heavy atom. The molecule has 54 heavy (non-hydrogen) atoms. The van der Waals surface area contributed by atoms with Gasteiger partial charge >= 0.3 is 29.8 Å². The van der Waals surface area contributed by atoms with Gasteiger partial charge in [-0.05, 0) is 107 Å². The average molecular weight is 755 g/mol. The first-order valence-corrected chi connectivity index (χ1v) is 18.3. The second-order valence-corrected chi connectivity index (χ2v) is 17.5. The van der Waals surface area contributed by atoms with Crippen LogP contribution in [0.2, 0.25) is 0 Å². The molecule has 12 nitrogen and oxygen atoms in total. The second kappa shape index (κ2) is 17.3. The van der Waals surface area contributed by atoms with E-state index in [2.05, 4.69) is 0 Å². The van der Waals surface area contributed by atoms with Crippen molar-refractivity contribution in [1.29, 1.82) is 0 Å². The molecule has 0 spiro atoms. The quantitative estimate of drug-likeness (QED) is 0.171. The topological polar surface area (TPSA) is 150 Å². The Hall–Kier alpha value is -4.45. The standard InChI is InChI=1S/C42H58O12/c1-14-48-30(43)23-25-18-17-19-26(22-25)27-20-15-16-21-28(27)50-34-33(54-38(47)42(11,12)13)32(53-37(46)41(8,9)10)31(52-36(45)40(5,6)7)29(51-34)24-49-35(44)39(2,3)4/h15-22,29,31-34H,14,23-24H2,1-13H3/t29-,31-,32+,33+,34+/m1/s1. The number of hydrogen-bond donors (Lipinski definition) is 0. The zero-order valence-electron chi connectivity index (χ0n) is 34.0. The maximum Gasteiger partial charge on any atom is 0.311 e. The minimum absolute atomic E-state index is 0.0612. The van der Waals surface area contributed by atoms with Gasteiger partial charge in [-0.3, -0.25) is 24.0 Å². The monoisotopic (exact) mass is 754 g/mol. The van der Waals surface area contributed by atoms with E-state index < -0.39 is 82.8 Å². The molecule has 1 aliphatic heterocycles. The van der Waals surface area contributed by atoms with Crippen molar-refractivity contribution < 1.29 is 57.1 Å². The highest BCUT2D eigenvalue weighted by atomic mass is 16.7. The zero-order valence-corrected chi connectivity index (χ0v) is 34.0. The fraction of sp³-hybridized carbons (Fsp3) is 0.595. The lowest BCUT2D eigenvalue weighted by molar-refractivity contribution is -0.293. The van der Waals surface area contributed by atoms with Crippen molar-refractivity contribution in [2.75, 3.05) is 13.2 Å². The Bertz CT molecular complexity index is 1650. The van der Waals surface area contributed by atoms with Crippen LogP contribution in [0.15, 0.2) is 48.5 Å². The summed E-state index contributed by atoms with van der Waals surface area (Å²) in [6.45, 7) is 21.6. The van der Waals surface area contributed by atoms with Crippen LogP contribution in [0, 0.1) is 21.7 Å². The van der Waals surface area contributed by atoms with E-state index in [1.807, 2.05) is 30.3 Å². The summed E-state index contributed by atoms with van der Waals surface area (Å²) >= 11 is 0. The molecular weight excluding hydrogens is 696 g/mol. The van der Waals surface area contributed by atoms with Crippen LogP contribution in [-0.2, 0) is 58.8 Å². The Balaban J connectivity index is 2.22. The van der Waals surface area contributed by atoms with Gasteiger partial charge in [0.25, 0.3) is 0 Å². The van der Waals surface area contributed by atoms with Crippen LogP contribution in [0.25, 0.3) is 11.1 Å². The molecule has 3 rings (SSSR count). The molecule has 0 aliphatic carbocycles. The van der Waals surface area contributed by atoms with E-state index in [9.17, 15) is 24.0 Å². The minimum Gasteiger partial charge on any atom is -0.466 e. The summed E-state index contributed by atoms with van der Waals surface area (Å²) in [5, 5.41) is 0. The van der Waals surface area contributed by atoms with Gasteiger partial charge in [-0.15, -0.1) is 0 Å². The molecule has 2 aromatic rings. The molecule has 12 heteroatoms. The van der Waals surface area contributed by atoms with Gasteiger partial charge in [-0.25, -0.2) is 0 Å². The van der Waals surface area contributed by atoms with Crippen molar-refractivity contribution in [3.8, 4) is 16.9 Å². The molecule has 1 fully saturated rings. The van der Waals surface area contributed by atoms with Crippen LogP contribution in [0.1, 0.15) is 95.6 Å². The highest BCUT2D eigenvalue weighted by Crippen LogP contribution is 2.38. The molecular formula is C42H58O12. The van der Waals surface area contributed by atoms with E-state index in [-0.39, 0.29) is 19.0 Å². The number of carbonyl (C=O) groups excluding carboxylic acids is 5. The first-order valence-electron chi connectivity index (χ1n) is 18.3. The number of para-hydroxylation sites is 1. The number of carbonyl (C=O) groups is 5. The number of rotatable bonds is 11. The third-order valence-corrected chi connectivity index (χ3v) is 8.17. The summed E-state index contributed by atoms with van der Waals surface area (Å²) in [6.07, 6.45) is -6.99. The molecule has 0 N–H and O–H groups in total. The average Bonchev–Trinajstić information content (AvgIpc) is 3.04. The van der Waals surface area contributed by atoms with Crippen LogP contribution >= 0.6 is 0 Å². The molecule has 1 heterocycles. The fourth-order valence-electron chi connectivity index (χ4n) is 4.95. The van der Waals surface area contributed by atoms with E-state index >= 15 is 0 Å². The Morgan fingerprint density at radius 1 is 0.611 bits per heavy atom. The van der Waals surface area contributed by atoms with Gasteiger partial charge in [0, 0.05) is 5.56 Å². The minimum atomic E-state index is -1.47. The summed E-state index contributed by atoms with van der Waals surface area (Å²) in [4.78, 5) is 66.1. The number of benzene rings is 2. The highest BCUT2D eigenvalue weighted by molar-refractivity contribution is 5.78. The summed E-state index contributed by atoms with van der Waals surface area (Å²) < 4.78 is 42.2. The van der Waals surface area contributed by atoms with Gasteiger partial charge in [-0.2, -0.15) is 0 Å². The van der Waals surface area contributed by atoms with Crippen molar-refractivity contribution in [2.24, 2.45) is 21.7 Å². The Labute approximate surface area is 319 Å². The van der Waals surface area contributed by atoms with E-state index in [0.717, 1.165) is 0 Å². The van der Waals surface area contributed by atoms with Crippen LogP contribution in [-0.4, -0.2) is 73.8 Å². The molecule has 0 saturated carbocycles. The fourth-order valence-corrected chi connectivity index (χ4v) is 4.95. The summed E-state index contributed by atoms with van der Waals surface area (Å²) in [6, 6.07) is 14.4. The molecule has 2 aromatic carbocycles. The number of ether oxygens (including phenoxy) is 7. The van der Waals surface area contributed by atoms with Crippen molar-refractivity contribution in [3.63, 3.8) is 0 Å². The second-order valence-electron chi connectivity index (χ2n) is 17.5. The van der Waals surface area contributed by atoms with Crippen molar-refractivity contribution in [3.05, 3.63) is 54.1 Å². The van der Waals surface area contributed by atoms with Crippen LogP contribution in [0.5, 0.6) is 5.75 Å². The van der Waals surface area contributed by atoms with E-state index in [4.69, 9.17) is 33.2 Å². The van der Waals surface area contributed by atoms with Crippen LogP contribution in [0.4, 0.5) is 0 Å². The summed E-state index contributed by atoms with van der Waals surface area (Å²) in [7, 11) is 0. The Morgan fingerprint density at radius 2 is 1.13 bits per heavy atom. The SMILES string of the molecule is CCOC(=O)Cc1cccc(-c2ccccc2O[C@H]2O[C@H](COC(=O)C(C)(C)C)[C@@H](OC(=O)C(C)(C)C)[C@H](OC(=O)C(C)(C)C)[C@@H]2OC(=O)C(C)(C)C)c1. The van der Waals surface area contributed by atoms with Crippen LogP contribution < -0.4 is 4.74 Å². The van der Waals surface area contributed by atoms with Gasteiger partial charge in [0.15, 0.2) is 12.2 Å². The van der Waals surface area contributed by atoms with E-state index in [1.54, 1.807) is 108 Å². The van der Waals surface area contributed by atoms with Gasteiger partial charge < -0.3 is 33.2 Å². The maximum absolute atomic E-state index is 13.6. The van der Waals surface area contributed by atoms with Crippen LogP contribution in [0.3, 0.4) is 0 Å². The predicted octanol–water partition coefficient (Wildman–Crippen LogP) is 7.03. The summed E-state index contributed by atoms with van der Waals surface area (Å²) in [5.41, 5.74) is -1.91. The first-order chi connectivity index (χ1) is 24.8. The van der Waals surface area contributed by atoms with Crippen molar-refractivity contribution >= 4 is 29.8 Å². The van der Waals surface area contributed by atoms with Gasteiger partial charge in [0.2, 0.25) is 12.4 Å². The molecule has 1 saturated heterocycles. The largest absolute Gasteiger partial charge is 0.466 e. The lowest BCUT2D eigenvalue weighted by atomic mass is 9.93. The highest BCUT2D eigenvalue weighted by Gasteiger charge is 2.55. The normalized spacial score (nSPS) is 20.6. The molecule has 0 unspecified atom stereocenters. The molecule has 0 bridgehead atoms. The summed E-state index contributed by atoms with van der Waals surface area (Å²) in [5.74, 6) is -2.63. The smallest absolute Gasteiger partial charge is 0.311 e. The maximum atomic E-state index is 13.6. The molecule has 298 valence electrons. The van der Waals surface area contributed by atoms with E-state index in [0.29, 0.717) is 22.4 Å². The van der Waals surface area contributed by atoms with Gasteiger partial charge in [0.05, 0.1) is 34.7 Å². The van der Waals surface area contributed by atoms with Gasteiger partial charge in [0.1, 0.15) is 18.5 Å². The lowest BCUT2D eigenvalue weighted by Gasteiger charge is -2.45. The third kappa shape index (κ3) is 12.0. The molecule has 0 aromatic heterocycles. The van der Waals surface area contributed by atoms with Crippen molar-refractivity contribution in [2.45, 2.75) is 127 Å². The number of esters is 5. The molecule has 0 radical (unpaired) electrons. The zero-order chi connectivity index (χ0) is 40.8. The Kier molecular flexibility index (Phi) is 14.1. The molecule has 1 aliphatic rings. The van der Waals surface area contributed by atoms with E-state index in [1.165, 1.54) is 0 Å². The molecule has 5 atom stereocenters. The molecule has 0 amide bonds. The van der Waals surface area contributed by atoms with Gasteiger partial charge in [-0.1, -0.05) is 42.5 Å². The van der Waals surface area contributed by atoms with Crippen molar-refractivity contribution in [1.82, 2.24) is 0 Å². The number of hydrogen-bond acceptors (Lipinski definition) is 12. The third-order valence-electron chi connectivity index (χ3n) is 8.17.